The number of nitrogens with one attached hydrogen (secondary N) is 1. The summed E-state index contributed by atoms with van der Waals surface area (Å²) in [6, 6.07) is 9.64. The van der Waals surface area contributed by atoms with Crippen molar-refractivity contribution in [2.45, 2.75) is 19.1 Å². The smallest absolute Gasteiger partial charge is 0.247 e. The number of benzene rings is 1. The molecule has 114 valence electrons. The lowest BCUT2D eigenvalue weighted by Crippen LogP contribution is -2.45. The molecule has 0 bridgehead atoms. The van der Waals surface area contributed by atoms with E-state index in [1.807, 2.05) is 49.3 Å². The molecule has 0 amide bonds. The van der Waals surface area contributed by atoms with Crippen molar-refractivity contribution < 1.29 is 9.52 Å². The zero-order valence-corrected chi connectivity index (χ0v) is 12.7. The molecular formula is C15H22N4O2. The summed E-state index contributed by atoms with van der Waals surface area (Å²) in [7, 11) is 3.86. The number of aliphatic hydroxyl groups is 1. The lowest BCUT2D eigenvalue weighted by molar-refractivity contribution is 0.0332. The van der Waals surface area contributed by atoms with Gasteiger partial charge in [-0.1, -0.05) is 18.2 Å². The maximum absolute atomic E-state index is 10.2. The predicted molar refractivity (Wildman–Crippen MR) is 80.6 cm³/mol. The lowest BCUT2D eigenvalue weighted by atomic mass is 10.1. The van der Waals surface area contributed by atoms with Gasteiger partial charge in [0, 0.05) is 18.7 Å². The fourth-order valence-corrected chi connectivity index (χ4v) is 2.20. The molecule has 1 heterocycles. The van der Waals surface area contributed by atoms with Crippen molar-refractivity contribution in [1.82, 2.24) is 20.4 Å². The Morgan fingerprint density at radius 2 is 1.95 bits per heavy atom. The second-order valence-corrected chi connectivity index (χ2v) is 5.71. The van der Waals surface area contributed by atoms with Crippen LogP contribution in [0.2, 0.25) is 0 Å². The maximum Gasteiger partial charge on any atom is 0.247 e. The first-order valence-electron chi connectivity index (χ1n) is 6.92. The van der Waals surface area contributed by atoms with Gasteiger partial charge < -0.3 is 19.7 Å². The number of nitrogens with zero attached hydrogens (tertiary/aromatic N) is 3. The Balaban J connectivity index is 1.86. The highest BCUT2D eigenvalue weighted by molar-refractivity contribution is 5.51. The third-order valence-corrected chi connectivity index (χ3v) is 2.93. The van der Waals surface area contributed by atoms with E-state index in [2.05, 4.69) is 15.5 Å². The Hall–Kier alpha value is -1.76. The van der Waals surface area contributed by atoms with Gasteiger partial charge in [-0.05, 0) is 33.2 Å². The number of aromatic nitrogens is 2. The van der Waals surface area contributed by atoms with Crippen molar-refractivity contribution in [3.8, 4) is 11.5 Å². The van der Waals surface area contributed by atoms with Crippen LogP contribution in [0.4, 0.5) is 0 Å². The van der Waals surface area contributed by atoms with Gasteiger partial charge in [-0.2, -0.15) is 0 Å². The van der Waals surface area contributed by atoms with Crippen molar-refractivity contribution in [2.24, 2.45) is 0 Å². The summed E-state index contributed by atoms with van der Waals surface area (Å²) in [5.41, 5.74) is 0.0991. The fourth-order valence-electron chi connectivity index (χ4n) is 2.20. The highest BCUT2D eigenvalue weighted by Gasteiger charge is 2.21. The van der Waals surface area contributed by atoms with E-state index in [4.69, 9.17) is 4.42 Å². The summed E-state index contributed by atoms with van der Waals surface area (Å²) in [6.07, 6.45) is 0. The molecule has 0 saturated heterocycles. The Morgan fingerprint density at radius 1 is 1.24 bits per heavy atom. The average Bonchev–Trinajstić information content (AvgIpc) is 2.87. The topological polar surface area (TPSA) is 74.4 Å². The molecule has 1 aromatic heterocycles. The Morgan fingerprint density at radius 3 is 2.62 bits per heavy atom. The van der Waals surface area contributed by atoms with Crippen molar-refractivity contribution in [3.05, 3.63) is 36.2 Å². The number of likely N-dealkylation sites (N-methyl/N-ethyl adjacent to an activating group) is 1. The Labute approximate surface area is 124 Å². The molecule has 6 heteroatoms. The molecule has 21 heavy (non-hydrogen) atoms. The standard InChI is InChI=1S/C15H22N4O2/c1-15(20,11-19(2)3)10-16-9-13-17-18-14(21-13)12-7-5-4-6-8-12/h4-8,16,20H,9-11H2,1-3H3. The zero-order chi connectivity index (χ0) is 15.3. The monoisotopic (exact) mass is 290 g/mol. The Kier molecular flexibility index (Phi) is 5.06. The van der Waals surface area contributed by atoms with Gasteiger partial charge >= 0.3 is 0 Å². The normalized spacial score (nSPS) is 14.3. The van der Waals surface area contributed by atoms with Crippen LogP contribution in [0.25, 0.3) is 11.5 Å². The molecule has 6 nitrogen and oxygen atoms in total. The second kappa shape index (κ2) is 6.80. The largest absolute Gasteiger partial charge is 0.419 e. The van der Waals surface area contributed by atoms with Crippen LogP contribution in [0, 0.1) is 0 Å². The van der Waals surface area contributed by atoms with E-state index >= 15 is 0 Å². The summed E-state index contributed by atoms with van der Waals surface area (Å²) in [5.74, 6) is 1.02. The third-order valence-electron chi connectivity index (χ3n) is 2.93. The number of rotatable bonds is 7. The summed E-state index contributed by atoms with van der Waals surface area (Å²) < 4.78 is 5.59. The van der Waals surface area contributed by atoms with Crippen molar-refractivity contribution in [3.63, 3.8) is 0 Å². The lowest BCUT2D eigenvalue weighted by Gasteiger charge is -2.26. The van der Waals surface area contributed by atoms with E-state index < -0.39 is 5.60 Å². The molecular weight excluding hydrogens is 268 g/mol. The summed E-state index contributed by atoms with van der Waals surface area (Å²) in [4.78, 5) is 1.95. The van der Waals surface area contributed by atoms with E-state index in [9.17, 15) is 5.11 Å². The molecule has 0 saturated carbocycles. The van der Waals surface area contributed by atoms with Gasteiger partial charge in [-0.25, -0.2) is 0 Å². The quantitative estimate of drug-likeness (QED) is 0.796. The Bertz CT molecular complexity index is 552. The minimum absolute atomic E-state index is 0.434. The molecule has 0 aliphatic carbocycles. The minimum atomic E-state index is -0.800. The van der Waals surface area contributed by atoms with Gasteiger partial charge in [0.05, 0.1) is 12.1 Å². The molecule has 0 fully saturated rings. The first-order valence-corrected chi connectivity index (χ1v) is 6.92. The van der Waals surface area contributed by atoms with Crippen LogP contribution in [0.3, 0.4) is 0 Å². The second-order valence-electron chi connectivity index (χ2n) is 5.71. The van der Waals surface area contributed by atoms with Crippen molar-refractivity contribution in [2.75, 3.05) is 27.2 Å². The van der Waals surface area contributed by atoms with Crippen LogP contribution in [0.1, 0.15) is 12.8 Å². The van der Waals surface area contributed by atoms with Gasteiger partial charge in [0.25, 0.3) is 0 Å². The SMILES string of the molecule is CN(C)CC(C)(O)CNCc1nnc(-c2ccccc2)o1. The molecule has 1 atom stereocenters. The predicted octanol–water partition coefficient (Wildman–Crippen LogP) is 1.14. The van der Waals surface area contributed by atoms with Crippen molar-refractivity contribution >= 4 is 0 Å². The maximum atomic E-state index is 10.2. The molecule has 0 spiro atoms. The highest BCUT2D eigenvalue weighted by atomic mass is 16.4. The van der Waals surface area contributed by atoms with Crippen LogP contribution >= 0.6 is 0 Å². The van der Waals surface area contributed by atoms with Gasteiger partial charge in [0.1, 0.15) is 0 Å². The van der Waals surface area contributed by atoms with Crippen LogP contribution < -0.4 is 5.32 Å². The number of hydrogen-bond acceptors (Lipinski definition) is 6. The van der Waals surface area contributed by atoms with E-state index in [0.717, 1.165) is 5.56 Å². The molecule has 2 aromatic rings. The molecule has 1 aromatic carbocycles. The van der Waals surface area contributed by atoms with Gasteiger partial charge in [-0.3, -0.25) is 0 Å². The van der Waals surface area contributed by atoms with Crippen molar-refractivity contribution in [1.29, 1.82) is 0 Å². The van der Waals surface area contributed by atoms with E-state index in [0.29, 0.717) is 31.4 Å². The molecule has 2 rings (SSSR count). The number of hydrogen-bond donors (Lipinski definition) is 2. The van der Waals surface area contributed by atoms with Gasteiger partial charge in [0.15, 0.2) is 0 Å². The molecule has 0 radical (unpaired) electrons. The first-order chi connectivity index (χ1) is 9.96. The molecule has 2 N–H and O–H groups in total. The fraction of sp³-hybridized carbons (Fsp3) is 0.467. The minimum Gasteiger partial charge on any atom is -0.419 e. The first kappa shape index (κ1) is 15.6. The average molecular weight is 290 g/mol. The summed E-state index contributed by atoms with van der Waals surface area (Å²) in [6.45, 7) is 3.26. The van der Waals surface area contributed by atoms with E-state index in [1.54, 1.807) is 6.92 Å². The van der Waals surface area contributed by atoms with Crippen LogP contribution in [-0.2, 0) is 6.54 Å². The van der Waals surface area contributed by atoms with Crippen LogP contribution in [-0.4, -0.2) is 53.0 Å². The van der Waals surface area contributed by atoms with Crippen LogP contribution in [0.15, 0.2) is 34.7 Å². The van der Waals surface area contributed by atoms with Gasteiger partial charge in [0.2, 0.25) is 11.8 Å². The van der Waals surface area contributed by atoms with E-state index in [1.165, 1.54) is 0 Å². The third kappa shape index (κ3) is 4.93. The molecule has 0 aliphatic heterocycles. The van der Waals surface area contributed by atoms with Gasteiger partial charge in [-0.15, -0.1) is 10.2 Å². The van der Waals surface area contributed by atoms with Crippen LogP contribution in [0.5, 0.6) is 0 Å². The molecule has 1 unspecified atom stereocenters. The summed E-state index contributed by atoms with van der Waals surface area (Å²) in [5, 5.41) is 21.3. The molecule has 0 aliphatic rings. The highest BCUT2D eigenvalue weighted by Crippen LogP contribution is 2.16. The zero-order valence-electron chi connectivity index (χ0n) is 12.7. The van der Waals surface area contributed by atoms with E-state index in [-0.39, 0.29) is 0 Å². The summed E-state index contributed by atoms with van der Waals surface area (Å²) >= 11 is 0.